The summed E-state index contributed by atoms with van der Waals surface area (Å²) in [7, 11) is 0. The summed E-state index contributed by atoms with van der Waals surface area (Å²) in [6.07, 6.45) is 0.512. The maximum atomic E-state index is 13.2. The molecule has 2 atom stereocenters. The third kappa shape index (κ3) is 1.99. The molecule has 6 heteroatoms. The van der Waals surface area contributed by atoms with Crippen molar-refractivity contribution in [1.82, 2.24) is 4.90 Å². The van der Waals surface area contributed by atoms with Crippen LogP contribution in [-0.2, 0) is 0 Å². The van der Waals surface area contributed by atoms with Gasteiger partial charge in [-0.3, -0.25) is 4.79 Å². The quantitative estimate of drug-likeness (QED) is 0.900. The molecule has 0 spiro atoms. The Labute approximate surface area is 100 Å². The van der Waals surface area contributed by atoms with Crippen LogP contribution in [0.3, 0.4) is 0 Å². The van der Waals surface area contributed by atoms with E-state index in [0.717, 1.165) is 0 Å². The normalized spacial score (nSPS) is 25.1. The summed E-state index contributed by atoms with van der Waals surface area (Å²) in [5, 5.41) is 9.07. The van der Waals surface area contributed by atoms with Gasteiger partial charge in [0.15, 0.2) is 4.67 Å². The van der Waals surface area contributed by atoms with Gasteiger partial charge in [-0.15, -0.1) is 0 Å². The van der Waals surface area contributed by atoms with E-state index in [9.17, 15) is 9.18 Å². The van der Waals surface area contributed by atoms with Crippen molar-refractivity contribution in [3.8, 4) is 0 Å². The number of nitrogens with zero attached hydrogens (tertiary/aromatic N) is 1. The first kappa shape index (κ1) is 11.6. The standard InChI is InChI=1S/C10H11BrFNO3/c11-9-8(1-2-16-9)10(15)13-4-6(12)3-7(13)5-14/h1-2,6-7,14H,3-5H2/t6-,7-/m0/s1. The van der Waals surface area contributed by atoms with Crippen molar-refractivity contribution in [2.75, 3.05) is 13.2 Å². The molecule has 1 amide bonds. The van der Waals surface area contributed by atoms with Gasteiger partial charge < -0.3 is 14.4 Å². The fraction of sp³-hybridized carbons (Fsp3) is 0.500. The molecule has 0 bridgehead atoms. The Hall–Kier alpha value is -0.880. The number of amides is 1. The zero-order chi connectivity index (χ0) is 11.7. The van der Waals surface area contributed by atoms with E-state index in [0.29, 0.717) is 10.2 Å². The summed E-state index contributed by atoms with van der Waals surface area (Å²) >= 11 is 3.10. The van der Waals surface area contributed by atoms with Crippen molar-refractivity contribution < 1.29 is 18.7 Å². The summed E-state index contributed by atoms with van der Waals surface area (Å²) in [5.74, 6) is -0.320. The lowest BCUT2D eigenvalue weighted by atomic mass is 10.2. The van der Waals surface area contributed by atoms with Crippen LogP contribution in [0.4, 0.5) is 4.39 Å². The SMILES string of the molecule is O=C(c1ccoc1Br)N1C[C@@H](F)C[C@H]1CO. The molecular formula is C10H11BrFNO3. The van der Waals surface area contributed by atoms with Gasteiger partial charge in [-0.1, -0.05) is 0 Å². The highest BCUT2D eigenvalue weighted by Crippen LogP contribution is 2.25. The van der Waals surface area contributed by atoms with Gasteiger partial charge in [0, 0.05) is 6.42 Å². The summed E-state index contributed by atoms with van der Waals surface area (Å²) in [4.78, 5) is 13.3. The van der Waals surface area contributed by atoms with E-state index in [1.54, 1.807) is 0 Å². The predicted octanol–water partition coefficient (Wildman–Crippen LogP) is 1.59. The average Bonchev–Trinajstić information content (AvgIpc) is 2.83. The Morgan fingerprint density at radius 1 is 1.75 bits per heavy atom. The lowest BCUT2D eigenvalue weighted by Gasteiger charge is -2.21. The first-order chi connectivity index (χ1) is 7.63. The molecule has 0 radical (unpaired) electrons. The highest BCUT2D eigenvalue weighted by molar-refractivity contribution is 9.10. The number of aliphatic hydroxyl groups is 1. The predicted molar refractivity (Wildman–Crippen MR) is 57.8 cm³/mol. The minimum Gasteiger partial charge on any atom is -0.457 e. The fourth-order valence-corrected chi connectivity index (χ4v) is 2.29. The average molecular weight is 292 g/mol. The number of furan rings is 1. The van der Waals surface area contributed by atoms with E-state index in [-0.39, 0.29) is 25.5 Å². The number of rotatable bonds is 2. The Morgan fingerprint density at radius 3 is 3.06 bits per heavy atom. The molecule has 0 saturated carbocycles. The van der Waals surface area contributed by atoms with E-state index in [4.69, 9.17) is 9.52 Å². The maximum Gasteiger partial charge on any atom is 0.258 e. The lowest BCUT2D eigenvalue weighted by Crippen LogP contribution is -2.37. The molecule has 1 fully saturated rings. The van der Waals surface area contributed by atoms with Crippen molar-refractivity contribution >= 4 is 21.8 Å². The molecule has 16 heavy (non-hydrogen) atoms. The summed E-state index contributed by atoms with van der Waals surface area (Å²) < 4.78 is 18.5. The fourth-order valence-electron chi connectivity index (χ4n) is 1.88. The van der Waals surface area contributed by atoms with Crippen molar-refractivity contribution in [3.63, 3.8) is 0 Å². The molecule has 1 aromatic heterocycles. The summed E-state index contributed by atoms with van der Waals surface area (Å²) in [6.45, 7) is -0.191. The van der Waals surface area contributed by atoms with Crippen LogP contribution in [0.2, 0.25) is 0 Å². The van der Waals surface area contributed by atoms with Crippen LogP contribution in [0.15, 0.2) is 21.4 Å². The number of carbonyl (C=O) groups is 1. The van der Waals surface area contributed by atoms with Crippen LogP contribution >= 0.6 is 15.9 Å². The van der Waals surface area contributed by atoms with Gasteiger partial charge in [0.2, 0.25) is 0 Å². The molecule has 1 aromatic rings. The number of aliphatic hydroxyl groups excluding tert-OH is 1. The summed E-state index contributed by atoms with van der Waals surface area (Å²) in [6, 6.07) is 1.08. The molecular weight excluding hydrogens is 281 g/mol. The molecule has 1 N–H and O–H groups in total. The van der Waals surface area contributed by atoms with Gasteiger partial charge in [-0.05, 0) is 22.0 Å². The number of hydrogen-bond donors (Lipinski definition) is 1. The number of halogens is 2. The number of hydrogen-bond acceptors (Lipinski definition) is 3. The van der Waals surface area contributed by atoms with E-state index in [2.05, 4.69) is 15.9 Å². The first-order valence-corrected chi connectivity index (χ1v) is 5.71. The zero-order valence-electron chi connectivity index (χ0n) is 8.40. The number of alkyl halides is 1. The lowest BCUT2D eigenvalue weighted by molar-refractivity contribution is 0.0671. The Kier molecular flexibility index (Phi) is 3.30. The van der Waals surface area contributed by atoms with Crippen LogP contribution in [0.25, 0.3) is 0 Å². The van der Waals surface area contributed by atoms with Crippen LogP contribution in [0.1, 0.15) is 16.8 Å². The number of carbonyl (C=O) groups excluding carboxylic acids is 1. The zero-order valence-corrected chi connectivity index (χ0v) is 9.98. The highest BCUT2D eigenvalue weighted by atomic mass is 79.9. The molecule has 2 heterocycles. The Bertz CT molecular complexity index is 395. The minimum atomic E-state index is -1.06. The van der Waals surface area contributed by atoms with Gasteiger partial charge in [-0.2, -0.15) is 0 Å². The van der Waals surface area contributed by atoms with Gasteiger partial charge in [0.1, 0.15) is 6.17 Å². The van der Waals surface area contributed by atoms with Crippen LogP contribution < -0.4 is 0 Å². The minimum absolute atomic E-state index is 0.0294. The second-order valence-corrected chi connectivity index (χ2v) is 4.46. The van der Waals surface area contributed by atoms with E-state index in [1.165, 1.54) is 17.2 Å². The van der Waals surface area contributed by atoms with Gasteiger partial charge in [0.05, 0.1) is 31.0 Å². The highest BCUT2D eigenvalue weighted by Gasteiger charge is 2.36. The largest absolute Gasteiger partial charge is 0.457 e. The van der Waals surface area contributed by atoms with Crippen LogP contribution in [-0.4, -0.2) is 41.3 Å². The third-order valence-electron chi connectivity index (χ3n) is 2.68. The van der Waals surface area contributed by atoms with E-state index in [1.807, 2.05) is 0 Å². The smallest absolute Gasteiger partial charge is 0.258 e. The van der Waals surface area contributed by atoms with Crippen molar-refractivity contribution in [2.24, 2.45) is 0 Å². The monoisotopic (exact) mass is 291 g/mol. The van der Waals surface area contributed by atoms with E-state index >= 15 is 0 Å². The first-order valence-electron chi connectivity index (χ1n) is 4.92. The molecule has 0 aliphatic carbocycles. The molecule has 1 aliphatic heterocycles. The van der Waals surface area contributed by atoms with Gasteiger partial charge in [0.25, 0.3) is 5.91 Å². The Morgan fingerprint density at radius 2 is 2.50 bits per heavy atom. The molecule has 4 nitrogen and oxygen atoms in total. The molecule has 0 unspecified atom stereocenters. The summed E-state index contributed by atoms with van der Waals surface area (Å²) in [5.41, 5.74) is 0.354. The van der Waals surface area contributed by atoms with Crippen LogP contribution in [0.5, 0.6) is 0 Å². The molecule has 1 saturated heterocycles. The van der Waals surface area contributed by atoms with Gasteiger partial charge in [-0.25, -0.2) is 4.39 Å². The van der Waals surface area contributed by atoms with Crippen LogP contribution in [0, 0.1) is 0 Å². The molecule has 2 rings (SSSR count). The number of likely N-dealkylation sites (tertiary alicyclic amines) is 1. The molecule has 88 valence electrons. The van der Waals surface area contributed by atoms with Crippen molar-refractivity contribution in [3.05, 3.63) is 22.6 Å². The molecule has 0 aromatic carbocycles. The maximum absolute atomic E-state index is 13.2. The molecule has 1 aliphatic rings. The second-order valence-electron chi connectivity index (χ2n) is 3.73. The van der Waals surface area contributed by atoms with Crippen molar-refractivity contribution in [2.45, 2.75) is 18.6 Å². The Balaban J connectivity index is 2.19. The topological polar surface area (TPSA) is 53.7 Å². The van der Waals surface area contributed by atoms with Gasteiger partial charge >= 0.3 is 0 Å². The third-order valence-corrected chi connectivity index (χ3v) is 3.30. The van der Waals surface area contributed by atoms with E-state index < -0.39 is 12.2 Å². The second kappa shape index (κ2) is 4.55. The van der Waals surface area contributed by atoms with Crippen molar-refractivity contribution in [1.29, 1.82) is 0 Å².